The topological polar surface area (TPSA) is 111 Å². The molecule has 0 aliphatic carbocycles. The van der Waals surface area contributed by atoms with E-state index in [1.54, 1.807) is 10.9 Å². The molecule has 0 amide bonds. The maximum atomic E-state index is 9.33. The van der Waals surface area contributed by atoms with Crippen LogP contribution in [-0.2, 0) is 0 Å². The number of hydrogen-bond donors (Lipinski definition) is 1. The highest BCUT2D eigenvalue weighted by Gasteiger charge is 2.20. The normalized spacial score (nSPS) is 11.0. The molecular formula is C17H14N8S. The van der Waals surface area contributed by atoms with Gasteiger partial charge in [0.1, 0.15) is 28.8 Å². The summed E-state index contributed by atoms with van der Waals surface area (Å²) >= 11 is 1.36. The zero-order valence-electron chi connectivity index (χ0n) is 14.1. The number of hydrogen-bond acceptors (Lipinski definition) is 7. The van der Waals surface area contributed by atoms with Gasteiger partial charge >= 0.3 is 0 Å². The second-order valence-corrected chi connectivity index (χ2v) is 6.41. The van der Waals surface area contributed by atoms with Gasteiger partial charge in [0, 0.05) is 0 Å². The molecule has 4 rings (SSSR count). The lowest BCUT2D eigenvalue weighted by atomic mass is 10.2. The van der Waals surface area contributed by atoms with Crippen LogP contribution in [-0.4, -0.2) is 35.8 Å². The van der Waals surface area contributed by atoms with Gasteiger partial charge in [0.25, 0.3) is 0 Å². The van der Waals surface area contributed by atoms with Crippen molar-refractivity contribution in [2.75, 3.05) is 12.0 Å². The van der Waals surface area contributed by atoms with Crippen molar-refractivity contribution in [3.8, 4) is 17.6 Å². The zero-order valence-corrected chi connectivity index (χ0v) is 14.9. The van der Waals surface area contributed by atoms with Gasteiger partial charge in [-0.2, -0.15) is 20.1 Å². The van der Waals surface area contributed by atoms with E-state index in [0.717, 1.165) is 5.69 Å². The fraction of sp³-hybridized carbons (Fsp3) is 0.118. The van der Waals surface area contributed by atoms with E-state index in [-0.39, 0.29) is 5.82 Å². The lowest BCUT2D eigenvalue weighted by Gasteiger charge is -2.05. The number of benzene rings is 1. The van der Waals surface area contributed by atoms with Crippen LogP contribution in [0, 0.1) is 18.3 Å². The van der Waals surface area contributed by atoms with Gasteiger partial charge in [-0.3, -0.25) is 0 Å². The molecule has 26 heavy (non-hydrogen) atoms. The van der Waals surface area contributed by atoms with E-state index < -0.39 is 0 Å². The number of thioether (sulfide) groups is 1. The molecule has 0 aliphatic rings. The molecular weight excluding hydrogens is 348 g/mol. The number of nitrogens with two attached hydrogens (primary N) is 1. The Balaban J connectivity index is 1.93. The lowest BCUT2D eigenvalue weighted by molar-refractivity contribution is 0.822. The molecule has 3 heterocycles. The number of nitrogen functional groups attached to an aromatic ring is 1. The number of fused-ring (bicyclic) bond motifs is 1. The fourth-order valence-electron chi connectivity index (χ4n) is 2.70. The summed E-state index contributed by atoms with van der Waals surface area (Å²) in [4.78, 5) is 8.68. The lowest BCUT2D eigenvalue weighted by Crippen LogP contribution is -2.06. The molecule has 0 saturated carbocycles. The smallest absolute Gasteiger partial charge is 0.170 e. The van der Waals surface area contributed by atoms with Crippen molar-refractivity contribution >= 4 is 28.6 Å². The number of aryl methyl sites for hydroxylation is 1. The maximum absolute atomic E-state index is 9.33. The first kappa shape index (κ1) is 16.1. The first-order chi connectivity index (χ1) is 12.6. The first-order valence-corrected chi connectivity index (χ1v) is 8.95. The summed E-state index contributed by atoms with van der Waals surface area (Å²) < 4.78 is 3.20. The number of nitriles is 1. The quantitative estimate of drug-likeness (QED) is 0.557. The molecule has 0 bridgehead atoms. The Morgan fingerprint density at radius 3 is 2.58 bits per heavy atom. The van der Waals surface area contributed by atoms with Gasteiger partial charge in [-0.05, 0) is 25.3 Å². The van der Waals surface area contributed by atoms with Gasteiger partial charge in [0.15, 0.2) is 11.5 Å². The third-order valence-corrected chi connectivity index (χ3v) is 4.69. The van der Waals surface area contributed by atoms with E-state index in [9.17, 15) is 5.26 Å². The second kappa shape index (κ2) is 6.16. The van der Waals surface area contributed by atoms with E-state index in [1.165, 1.54) is 28.3 Å². The van der Waals surface area contributed by atoms with Crippen molar-refractivity contribution in [2.45, 2.75) is 11.9 Å². The summed E-state index contributed by atoms with van der Waals surface area (Å²) in [5.74, 6) is 0.739. The van der Waals surface area contributed by atoms with E-state index in [4.69, 9.17) is 5.73 Å². The number of rotatable bonds is 3. The molecule has 0 saturated heterocycles. The van der Waals surface area contributed by atoms with Gasteiger partial charge in [0.2, 0.25) is 0 Å². The highest BCUT2D eigenvalue weighted by molar-refractivity contribution is 7.98. The van der Waals surface area contributed by atoms with Crippen molar-refractivity contribution in [1.29, 1.82) is 5.26 Å². The molecule has 128 valence electrons. The molecule has 3 aromatic heterocycles. The Bertz CT molecular complexity index is 1150. The molecule has 8 nitrogen and oxygen atoms in total. The summed E-state index contributed by atoms with van der Waals surface area (Å²) in [6.07, 6.45) is 4.96. The monoisotopic (exact) mass is 362 g/mol. The summed E-state index contributed by atoms with van der Waals surface area (Å²) in [5.41, 5.74) is 9.16. The minimum atomic E-state index is 0.250. The van der Waals surface area contributed by atoms with Crippen LogP contribution < -0.4 is 5.73 Å². The Kier molecular flexibility index (Phi) is 3.82. The van der Waals surface area contributed by atoms with Crippen molar-refractivity contribution in [1.82, 2.24) is 29.5 Å². The SMILES string of the molecule is CSc1nn(-c2ncnc3c2cnn3-c2ccc(C)cc2)c(N)c1C#N. The van der Waals surface area contributed by atoms with Gasteiger partial charge in [-0.25, -0.2) is 14.6 Å². The molecule has 0 spiro atoms. The first-order valence-electron chi connectivity index (χ1n) is 7.72. The molecule has 0 aliphatic heterocycles. The largest absolute Gasteiger partial charge is 0.382 e. The average Bonchev–Trinajstić information content (AvgIpc) is 3.23. The summed E-state index contributed by atoms with van der Waals surface area (Å²) in [6, 6.07) is 10.1. The highest BCUT2D eigenvalue weighted by Crippen LogP contribution is 2.28. The van der Waals surface area contributed by atoms with Crippen LogP contribution >= 0.6 is 11.8 Å². The molecule has 4 aromatic rings. The average molecular weight is 362 g/mol. The fourth-order valence-corrected chi connectivity index (χ4v) is 3.21. The Hall–Kier alpha value is -3.38. The highest BCUT2D eigenvalue weighted by atomic mass is 32.2. The third kappa shape index (κ3) is 2.39. The molecule has 0 radical (unpaired) electrons. The van der Waals surface area contributed by atoms with E-state index >= 15 is 0 Å². The van der Waals surface area contributed by atoms with Gasteiger partial charge in [0.05, 0.1) is 17.3 Å². The standard InChI is InChI=1S/C17H14N8S/c1-10-3-5-11(6-4-10)24-15-13(8-22-24)16(21-9-20-15)25-14(19)12(7-18)17(23-25)26-2/h3-6,8-9H,19H2,1-2H3. The summed E-state index contributed by atoms with van der Waals surface area (Å²) in [6.45, 7) is 2.03. The number of nitrogens with zero attached hydrogens (tertiary/aromatic N) is 7. The molecule has 1 aromatic carbocycles. The Labute approximate surface area is 153 Å². The third-order valence-electron chi connectivity index (χ3n) is 4.02. The molecule has 2 N–H and O–H groups in total. The van der Waals surface area contributed by atoms with Crippen molar-refractivity contribution in [2.24, 2.45) is 0 Å². The Morgan fingerprint density at radius 1 is 1.15 bits per heavy atom. The Morgan fingerprint density at radius 2 is 1.92 bits per heavy atom. The van der Waals surface area contributed by atoms with Crippen LogP contribution in [0.15, 0.2) is 41.8 Å². The van der Waals surface area contributed by atoms with E-state index in [0.29, 0.717) is 27.4 Å². The van der Waals surface area contributed by atoms with E-state index in [2.05, 4.69) is 26.2 Å². The van der Waals surface area contributed by atoms with E-state index in [1.807, 2.05) is 37.4 Å². The van der Waals surface area contributed by atoms with Gasteiger partial charge in [-0.1, -0.05) is 17.7 Å². The minimum absolute atomic E-state index is 0.250. The maximum Gasteiger partial charge on any atom is 0.170 e. The number of aromatic nitrogens is 6. The van der Waals surface area contributed by atoms with Crippen molar-refractivity contribution in [3.63, 3.8) is 0 Å². The van der Waals surface area contributed by atoms with Crippen LogP contribution in [0.25, 0.3) is 22.5 Å². The van der Waals surface area contributed by atoms with Crippen molar-refractivity contribution in [3.05, 3.63) is 47.9 Å². The number of anilines is 1. The predicted molar refractivity (Wildman–Crippen MR) is 99.4 cm³/mol. The minimum Gasteiger partial charge on any atom is -0.382 e. The molecule has 0 fully saturated rings. The molecule has 0 unspecified atom stereocenters. The van der Waals surface area contributed by atoms with Gasteiger partial charge < -0.3 is 5.73 Å². The summed E-state index contributed by atoms with van der Waals surface area (Å²) in [5, 5.41) is 19.4. The zero-order chi connectivity index (χ0) is 18.3. The second-order valence-electron chi connectivity index (χ2n) is 5.62. The molecule has 9 heteroatoms. The van der Waals surface area contributed by atoms with Crippen LogP contribution in [0.4, 0.5) is 5.82 Å². The molecule has 0 atom stereocenters. The van der Waals surface area contributed by atoms with Crippen LogP contribution in [0.2, 0.25) is 0 Å². The van der Waals surface area contributed by atoms with Crippen LogP contribution in [0.5, 0.6) is 0 Å². The van der Waals surface area contributed by atoms with Gasteiger partial charge in [-0.15, -0.1) is 11.8 Å². The van der Waals surface area contributed by atoms with Crippen LogP contribution in [0.3, 0.4) is 0 Å². The predicted octanol–water partition coefficient (Wildman–Crippen LogP) is 2.49. The van der Waals surface area contributed by atoms with Crippen LogP contribution in [0.1, 0.15) is 11.1 Å². The summed E-state index contributed by atoms with van der Waals surface area (Å²) in [7, 11) is 0. The van der Waals surface area contributed by atoms with Crippen molar-refractivity contribution < 1.29 is 0 Å².